The molecule has 0 atom stereocenters. The number of hydroxylamine groups is 1. The Bertz CT molecular complexity index is 877. The molecule has 13 nitrogen and oxygen atoms in total. The molecule has 13 heteroatoms. The summed E-state index contributed by atoms with van der Waals surface area (Å²) in [5, 5.41) is 25.1. The molecule has 4 amide bonds. The van der Waals surface area contributed by atoms with Crippen LogP contribution in [0.4, 0.5) is 9.59 Å². The summed E-state index contributed by atoms with van der Waals surface area (Å²) in [6.45, 7) is 2.93. The Kier molecular flexibility index (Phi) is 10.8. The Balaban J connectivity index is 1.72. The molecular weight excluding hydrogens is 448 g/mol. The lowest BCUT2D eigenvalue weighted by Gasteiger charge is -2.30. The van der Waals surface area contributed by atoms with Crippen LogP contribution in [-0.2, 0) is 20.8 Å². The third kappa shape index (κ3) is 9.44. The zero-order valence-electron chi connectivity index (χ0n) is 18.8. The highest BCUT2D eigenvalue weighted by atomic mass is 16.6. The molecule has 1 aromatic rings. The van der Waals surface area contributed by atoms with Gasteiger partial charge in [-0.25, -0.2) is 15.0 Å². The molecule has 0 unspecified atom stereocenters. The van der Waals surface area contributed by atoms with E-state index in [1.807, 2.05) is 47.9 Å². The molecule has 2 rings (SSSR count). The van der Waals surface area contributed by atoms with Crippen LogP contribution in [0.3, 0.4) is 0 Å². The van der Waals surface area contributed by atoms with E-state index in [2.05, 4.69) is 16.2 Å². The van der Waals surface area contributed by atoms with Crippen molar-refractivity contribution in [2.24, 2.45) is 0 Å². The van der Waals surface area contributed by atoms with Crippen LogP contribution in [-0.4, -0.2) is 71.8 Å². The van der Waals surface area contributed by atoms with E-state index >= 15 is 0 Å². The van der Waals surface area contributed by atoms with Crippen molar-refractivity contribution >= 4 is 24.0 Å². The van der Waals surface area contributed by atoms with Crippen molar-refractivity contribution in [3.8, 4) is 0 Å². The molecule has 1 aliphatic rings. The Morgan fingerprint density at radius 2 is 1.76 bits per heavy atom. The van der Waals surface area contributed by atoms with Gasteiger partial charge in [-0.15, -0.1) is 0 Å². The van der Waals surface area contributed by atoms with E-state index in [1.165, 1.54) is 5.01 Å². The minimum absolute atomic E-state index is 0.0538. The minimum Gasteiger partial charge on any atom is -0.465 e. The van der Waals surface area contributed by atoms with E-state index in [9.17, 15) is 19.2 Å². The molecule has 0 saturated carbocycles. The first-order valence-electron chi connectivity index (χ1n) is 10.7. The van der Waals surface area contributed by atoms with Crippen LogP contribution in [0.25, 0.3) is 0 Å². The van der Waals surface area contributed by atoms with Gasteiger partial charge in [0.15, 0.2) is 6.29 Å². The van der Waals surface area contributed by atoms with Gasteiger partial charge < -0.3 is 15.5 Å². The van der Waals surface area contributed by atoms with Gasteiger partial charge in [0.25, 0.3) is 5.91 Å². The number of hydrogen-bond acceptors (Lipinski definition) is 7. The first-order valence-corrected chi connectivity index (χ1v) is 10.7. The highest BCUT2D eigenvalue weighted by molar-refractivity contribution is 5.99. The second kappa shape index (κ2) is 13.8. The number of amides is 4. The van der Waals surface area contributed by atoms with Crippen LogP contribution in [0.1, 0.15) is 25.3 Å². The number of hydrogen-bond donors (Lipinski definition) is 7. The van der Waals surface area contributed by atoms with Crippen LogP contribution in [0.5, 0.6) is 0 Å². The van der Waals surface area contributed by atoms with Crippen molar-refractivity contribution in [2.45, 2.75) is 32.5 Å². The highest BCUT2D eigenvalue weighted by Gasteiger charge is 2.26. The van der Waals surface area contributed by atoms with Crippen molar-refractivity contribution in [1.82, 2.24) is 31.9 Å². The molecule has 1 aromatic carbocycles. The van der Waals surface area contributed by atoms with Crippen LogP contribution < -0.4 is 26.9 Å². The van der Waals surface area contributed by atoms with Crippen molar-refractivity contribution in [1.29, 1.82) is 0 Å². The van der Waals surface area contributed by atoms with E-state index in [1.54, 1.807) is 0 Å². The summed E-state index contributed by atoms with van der Waals surface area (Å²) in [6, 6.07) is 9.91. The quantitative estimate of drug-likeness (QED) is 0.118. The van der Waals surface area contributed by atoms with Gasteiger partial charge in [0.2, 0.25) is 5.91 Å². The highest BCUT2D eigenvalue weighted by Crippen LogP contribution is 2.20. The summed E-state index contributed by atoms with van der Waals surface area (Å²) in [7, 11) is 0. The van der Waals surface area contributed by atoms with E-state index in [-0.39, 0.29) is 31.4 Å². The average molecular weight is 479 g/mol. The van der Waals surface area contributed by atoms with Crippen LogP contribution >= 0.6 is 0 Å². The number of benzene rings is 1. The molecule has 34 heavy (non-hydrogen) atoms. The second-order valence-electron chi connectivity index (χ2n) is 7.43. The Labute approximate surface area is 196 Å². The van der Waals surface area contributed by atoms with Crippen LogP contribution in [0.2, 0.25) is 0 Å². The van der Waals surface area contributed by atoms with Crippen LogP contribution in [0.15, 0.2) is 41.5 Å². The fraction of sp³-hybridized carbons (Fsp3) is 0.429. The average Bonchev–Trinajstić information content (AvgIpc) is 2.77. The van der Waals surface area contributed by atoms with Gasteiger partial charge in [0, 0.05) is 25.2 Å². The fourth-order valence-electron chi connectivity index (χ4n) is 3.18. The molecule has 1 aliphatic heterocycles. The SMILES string of the molecule is CC1=C(CC(=O)NCCONC(NC(=O)O)NC(=O)O)C(=O)N(NCCc2ccccc2)CC1. The van der Waals surface area contributed by atoms with Crippen molar-refractivity contribution in [2.75, 3.05) is 26.2 Å². The minimum atomic E-state index is -1.47. The maximum atomic E-state index is 12.8. The van der Waals surface area contributed by atoms with Crippen molar-refractivity contribution < 1.29 is 34.2 Å². The predicted molar refractivity (Wildman–Crippen MR) is 120 cm³/mol. The molecule has 0 radical (unpaired) electrons. The number of rotatable bonds is 13. The molecule has 186 valence electrons. The largest absolute Gasteiger partial charge is 0.465 e. The summed E-state index contributed by atoms with van der Waals surface area (Å²) >= 11 is 0. The normalized spacial score (nSPS) is 13.7. The number of carboxylic acid groups (broad SMARTS) is 2. The van der Waals surface area contributed by atoms with E-state index < -0.39 is 18.5 Å². The van der Waals surface area contributed by atoms with Gasteiger partial charge in [-0.2, -0.15) is 5.48 Å². The molecule has 0 aromatic heterocycles. The number of nitrogens with zero attached hydrogens (tertiary/aromatic N) is 1. The third-order valence-corrected chi connectivity index (χ3v) is 4.89. The molecule has 0 bridgehead atoms. The van der Waals surface area contributed by atoms with Crippen molar-refractivity contribution in [3.63, 3.8) is 0 Å². The first-order chi connectivity index (χ1) is 16.3. The summed E-state index contributed by atoms with van der Waals surface area (Å²) in [5.41, 5.74) is 7.77. The fourth-order valence-corrected chi connectivity index (χ4v) is 3.18. The topological polar surface area (TPSA) is 181 Å². The Morgan fingerprint density at radius 3 is 2.41 bits per heavy atom. The van der Waals surface area contributed by atoms with Crippen LogP contribution in [0, 0.1) is 0 Å². The van der Waals surface area contributed by atoms with Gasteiger partial charge >= 0.3 is 12.2 Å². The molecule has 0 fully saturated rings. The zero-order chi connectivity index (χ0) is 24.9. The Morgan fingerprint density at radius 1 is 1.09 bits per heavy atom. The standard InChI is InChI=1S/C21H30N6O7/c1-14-8-11-27(23-9-7-15-5-3-2-4-6-15)18(29)16(14)13-17(28)22-10-12-34-26-19(24-20(30)31)25-21(32)33/h2-6,19,23-26H,7-13H2,1H3,(H,22,28)(H,30,31)(H,32,33). The maximum absolute atomic E-state index is 12.8. The van der Waals surface area contributed by atoms with E-state index in [0.29, 0.717) is 25.1 Å². The molecule has 1 heterocycles. The lowest BCUT2D eigenvalue weighted by Crippen LogP contribution is -2.56. The van der Waals surface area contributed by atoms with Gasteiger partial charge in [-0.3, -0.25) is 30.1 Å². The number of carbonyl (C=O) groups excluding carboxylic acids is 2. The summed E-state index contributed by atoms with van der Waals surface area (Å²) in [4.78, 5) is 51.3. The van der Waals surface area contributed by atoms with Gasteiger partial charge in [-0.1, -0.05) is 35.9 Å². The molecule has 0 aliphatic carbocycles. The number of hydrazine groups is 1. The van der Waals surface area contributed by atoms with Crippen molar-refractivity contribution in [3.05, 3.63) is 47.0 Å². The summed E-state index contributed by atoms with van der Waals surface area (Å²) < 4.78 is 0. The third-order valence-electron chi connectivity index (χ3n) is 4.89. The lowest BCUT2D eigenvalue weighted by atomic mass is 9.98. The van der Waals surface area contributed by atoms with E-state index in [4.69, 9.17) is 15.1 Å². The molecular formula is C21H30N6O7. The summed E-state index contributed by atoms with van der Waals surface area (Å²) in [6.07, 6.45) is -2.98. The maximum Gasteiger partial charge on any atom is 0.407 e. The molecule has 0 saturated heterocycles. The smallest absolute Gasteiger partial charge is 0.407 e. The van der Waals surface area contributed by atoms with Gasteiger partial charge in [0.05, 0.1) is 13.0 Å². The number of nitrogens with one attached hydrogen (secondary N) is 5. The summed E-state index contributed by atoms with van der Waals surface area (Å²) in [5.74, 6) is -0.603. The number of carbonyl (C=O) groups is 4. The first kappa shape index (κ1) is 26.6. The second-order valence-corrected chi connectivity index (χ2v) is 7.43. The predicted octanol–water partition coefficient (Wildman–Crippen LogP) is 0.129. The van der Waals surface area contributed by atoms with Gasteiger partial charge in [-0.05, 0) is 25.3 Å². The van der Waals surface area contributed by atoms with Gasteiger partial charge in [0.1, 0.15) is 0 Å². The molecule has 0 spiro atoms. The monoisotopic (exact) mass is 478 g/mol. The Hall–Kier alpha value is -3.68. The lowest BCUT2D eigenvalue weighted by molar-refractivity contribution is -0.132. The van der Waals surface area contributed by atoms with E-state index in [0.717, 1.165) is 17.6 Å². The zero-order valence-corrected chi connectivity index (χ0v) is 18.8. The molecule has 7 N–H and O–H groups in total.